The molecule has 5 rings (SSSR count). The van der Waals surface area contributed by atoms with Crippen LogP contribution in [0.4, 0.5) is 22.8 Å². The van der Waals surface area contributed by atoms with Gasteiger partial charge in [-0.1, -0.05) is 24.3 Å². The Balaban J connectivity index is 1.21. The van der Waals surface area contributed by atoms with Gasteiger partial charge in [-0.05, 0) is 67.3 Å². The topological polar surface area (TPSA) is 105 Å². The zero-order valence-electron chi connectivity index (χ0n) is 20.6. The summed E-state index contributed by atoms with van der Waals surface area (Å²) in [4.78, 5) is 40.7. The molecule has 0 unspecified atom stereocenters. The van der Waals surface area contributed by atoms with Crippen LogP contribution in [0.25, 0.3) is 0 Å². The molecular weight excluding hydrogens is 501 g/mol. The third-order valence-corrected chi connectivity index (χ3v) is 7.88. The number of amides is 4. The molecule has 0 radical (unpaired) electrons. The molecule has 3 aliphatic rings. The average Bonchev–Trinajstić information content (AvgIpc) is 3.50. The maximum Gasteiger partial charge on any atom is 0.419 e. The lowest BCUT2D eigenvalue weighted by molar-refractivity contribution is -0.125. The molecule has 2 saturated heterocycles. The van der Waals surface area contributed by atoms with Crippen LogP contribution in [0.15, 0.2) is 42.5 Å². The predicted molar refractivity (Wildman–Crippen MR) is 130 cm³/mol. The molecule has 202 valence electrons. The highest BCUT2D eigenvalue weighted by Gasteiger charge is 2.50. The van der Waals surface area contributed by atoms with Crippen molar-refractivity contribution in [3.05, 3.63) is 71.0 Å². The molecule has 4 amide bonds. The quantitative estimate of drug-likeness (QED) is 0.609. The number of hydrogen-bond donors (Lipinski definition) is 2. The summed E-state index contributed by atoms with van der Waals surface area (Å²) in [5.41, 5.74) is 6.14. The number of imide groups is 1. The summed E-state index contributed by atoms with van der Waals surface area (Å²) < 4.78 is 46.6. The maximum absolute atomic E-state index is 14.2. The SMILES string of the molecule is NC(=O)[C@@H]1OC(=O)N(C(=O)N[C@@H]2CCN([C@H]3CC[C@H](c4ccccc4F)CC3)C2)[C@H]1c1ccc(F)c(F)c1. The van der Waals surface area contributed by atoms with Gasteiger partial charge in [0.25, 0.3) is 5.91 Å². The van der Waals surface area contributed by atoms with Crippen LogP contribution in [0.3, 0.4) is 0 Å². The first-order valence-electron chi connectivity index (χ1n) is 12.8. The van der Waals surface area contributed by atoms with Crippen molar-refractivity contribution in [1.29, 1.82) is 0 Å². The molecule has 0 bridgehead atoms. The second-order valence-corrected chi connectivity index (χ2v) is 10.2. The summed E-state index contributed by atoms with van der Waals surface area (Å²) in [6.07, 6.45) is 1.60. The Kier molecular flexibility index (Phi) is 7.29. The van der Waals surface area contributed by atoms with Crippen LogP contribution in [0.2, 0.25) is 0 Å². The first-order chi connectivity index (χ1) is 18.2. The molecule has 1 saturated carbocycles. The number of carbonyl (C=O) groups is 3. The van der Waals surface area contributed by atoms with Crippen LogP contribution in [-0.2, 0) is 9.53 Å². The van der Waals surface area contributed by atoms with E-state index in [0.717, 1.165) is 49.9 Å². The highest BCUT2D eigenvalue weighted by atomic mass is 19.2. The Morgan fingerprint density at radius 2 is 1.68 bits per heavy atom. The van der Waals surface area contributed by atoms with Gasteiger partial charge in [-0.3, -0.25) is 9.69 Å². The fraction of sp³-hybridized carbons (Fsp3) is 0.444. The van der Waals surface area contributed by atoms with Gasteiger partial charge in [0.2, 0.25) is 6.10 Å². The summed E-state index contributed by atoms with van der Waals surface area (Å²) in [5.74, 6) is -3.29. The number of nitrogens with two attached hydrogens (primary N) is 1. The number of nitrogens with one attached hydrogen (secondary N) is 1. The zero-order chi connectivity index (χ0) is 27.0. The minimum Gasteiger partial charge on any atom is -0.433 e. The number of urea groups is 1. The van der Waals surface area contributed by atoms with E-state index >= 15 is 0 Å². The van der Waals surface area contributed by atoms with Gasteiger partial charge in [0.1, 0.15) is 11.9 Å². The number of ether oxygens (including phenoxy) is 1. The molecule has 2 aromatic carbocycles. The molecule has 3 N–H and O–H groups in total. The monoisotopic (exact) mass is 530 g/mol. The number of rotatable bonds is 5. The third kappa shape index (κ3) is 5.07. The molecule has 2 aromatic rings. The van der Waals surface area contributed by atoms with Gasteiger partial charge in [-0.15, -0.1) is 0 Å². The van der Waals surface area contributed by atoms with Crippen LogP contribution in [0.1, 0.15) is 55.2 Å². The number of primary amides is 1. The molecule has 0 aromatic heterocycles. The van der Waals surface area contributed by atoms with Crippen molar-refractivity contribution in [1.82, 2.24) is 15.1 Å². The summed E-state index contributed by atoms with van der Waals surface area (Å²) in [5, 5.41) is 2.82. The van der Waals surface area contributed by atoms with E-state index in [1.807, 2.05) is 12.1 Å². The first-order valence-corrected chi connectivity index (χ1v) is 12.8. The van der Waals surface area contributed by atoms with E-state index in [1.54, 1.807) is 6.07 Å². The van der Waals surface area contributed by atoms with Crippen LogP contribution < -0.4 is 11.1 Å². The van der Waals surface area contributed by atoms with E-state index in [4.69, 9.17) is 10.5 Å². The van der Waals surface area contributed by atoms with Crippen molar-refractivity contribution < 1.29 is 32.3 Å². The highest BCUT2D eigenvalue weighted by molar-refractivity contribution is 5.97. The minimum absolute atomic E-state index is 0.00774. The van der Waals surface area contributed by atoms with Gasteiger partial charge < -0.3 is 15.8 Å². The van der Waals surface area contributed by atoms with Crippen LogP contribution in [0, 0.1) is 17.5 Å². The number of nitrogens with zero attached hydrogens (tertiary/aromatic N) is 2. The summed E-state index contributed by atoms with van der Waals surface area (Å²) in [6, 6.07) is 7.64. The van der Waals surface area contributed by atoms with Crippen LogP contribution >= 0.6 is 0 Å². The largest absolute Gasteiger partial charge is 0.433 e. The zero-order valence-corrected chi connectivity index (χ0v) is 20.6. The van der Waals surface area contributed by atoms with Crippen molar-refractivity contribution in [3.63, 3.8) is 0 Å². The molecule has 8 nitrogen and oxygen atoms in total. The lowest BCUT2D eigenvalue weighted by Crippen LogP contribution is -2.48. The molecule has 0 spiro atoms. The fourth-order valence-corrected chi connectivity index (χ4v) is 5.96. The number of hydrogen-bond acceptors (Lipinski definition) is 5. The molecule has 38 heavy (non-hydrogen) atoms. The van der Waals surface area contributed by atoms with Crippen molar-refractivity contribution in [2.75, 3.05) is 13.1 Å². The molecule has 3 fully saturated rings. The Hall–Kier alpha value is -3.60. The molecule has 11 heteroatoms. The van der Waals surface area contributed by atoms with Crippen LogP contribution in [-0.4, -0.2) is 59.1 Å². The molecular formula is C27H29F3N4O4. The van der Waals surface area contributed by atoms with Crippen LogP contribution in [0.5, 0.6) is 0 Å². The van der Waals surface area contributed by atoms with Gasteiger partial charge in [0, 0.05) is 25.2 Å². The van der Waals surface area contributed by atoms with E-state index in [0.29, 0.717) is 23.9 Å². The number of benzene rings is 2. The lowest BCUT2D eigenvalue weighted by Gasteiger charge is -2.35. The van der Waals surface area contributed by atoms with Crippen molar-refractivity contribution in [2.45, 2.75) is 62.3 Å². The van der Waals surface area contributed by atoms with Gasteiger partial charge in [0.15, 0.2) is 11.6 Å². The Labute approximate surface area is 217 Å². The molecule has 3 atom stereocenters. The summed E-state index contributed by atoms with van der Waals surface area (Å²) in [6.45, 7) is 1.32. The smallest absolute Gasteiger partial charge is 0.419 e. The predicted octanol–water partition coefficient (Wildman–Crippen LogP) is 3.96. The first kappa shape index (κ1) is 26.0. The second-order valence-electron chi connectivity index (χ2n) is 10.2. The minimum atomic E-state index is -1.54. The van der Waals surface area contributed by atoms with Gasteiger partial charge in [-0.25, -0.2) is 27.7 Å². The molecule has 2 aliphatic heterocycles. The number of cyclic esters (lactones) is 1. The van der Waals surface area contributed by atoms with E-state index in [-0.39, 0.29) is 23.3 Å². The van der Waals surface area contributed by atoms with Crippen molar-refractivity contribution >= 4 is 18.0 Å². The second kappa shape index (κ2) is 10.6. The van der Waals surface area contributed by atoms with E-state index < -0.39 is 41.8 Å². The fourth-order valence-electron chi connectivity index (χ4n) is 5.96. The van der Waals surface area contributed by atoms with E-state index in [9.17, 15) is 27.6 Å². The Morgan fingerprint density at radius 3 is 2.37 bits per heavy atom. The van der Waals surface area contributed by atoms with Gasteiger partial charge >= 0.3 is 12.1 Å². The number of likely N-dealkylation sites (tertiary alicyclic amines) is 1. The highest BCUT2D eigenvalue weighted by Crippen LogP contribution is 2.37. The number of carbonyl (C=O) groups excluding carboxylic acids is 3. The standard InChI is InChI=1S/C27H29F3N4O4/c28-20-4-2-1-3-19(20)15-5-8-18(9-6-15)33-12-11-17(14-33)32-26(36)34-23(24(25(31)35)38-27(34)37)16-7-10-21(29)22(30)13-16/h1-4,7,10,13,15,17-18,23-24H,5-6,8-9,11-12,14H2,(H2,31,35)(H,32,36)/t15-,17-,18-,23+,24-/m1/s1. The Morgan fingerprint density at radius 1 is 0.947 bits per heavy atom. The summed E-state index contributed by atoms with van der Waals surface area (Å²) in [7, 11) is 0. The van der Waals surface area contributed by atoms with Crippen molar-refractivity contribution in [3.8, 4) is 0 Å². The molecule has 2 heterocycles. The molecule has 1 aliphatic carbocycles. The van der Waals surface area contributed by atoms with Gasteiger partial charge in [0.05, 0.1) is 0 Å². The van der Waals surface area contributed by atoms with Gasteiger partial charge in [-0.2, -0.15) is 0 Å². The van der Waals surface area contributed by atoms with E-state index in [1.165, 1.54) is 12.1 Å². The maximum atomic E-state index is 14.2. The van der Waals surface area contributed by atoms with Crippen molar-refractivity contribution in [2.24, 2.45) is 5.73 Å². The third-order valence-electron chi connectivity index (χ3n) is 7.88. The normalized spacial score (nSPS) is 27.8. The average molecular weight is 531 g/mol. The Bertz CT molecular complexity index is 1240. The lowest BCUT2D eigenvalue weighted by atomic mass is 9.81. The van der Waals surface area contributed by atoms with E-state index in [2.05, 4.69) is 10.2 Å². The number of halogens is 3. The summed E-state index contributed by atoms with van der Waals surface area (Å²) >= 11 is 0.